The molecule has 0 amide bonds. The lowest BCUT2D eigenvalue weighted by molar-refractivity contribution is 0.102. The summed E-state index contributed by atoms with van der Waals surface area (Å²) in [4.78, 5) is 11.8. The van der Waals surface area contributed by atoms with E-state index in [-0.39, 0.29) is 17.5 Å². The van der Waals surface area contributed by atoms with Crippen LogP contribution in [-0.4, -0.2) is 26.4 Å². The molecule has 0 bridgehead atoms. The van der Waals surface area contributed by atoms with Crippen LogP contribution in [-0.2, 0) is 0 Å². The van der Waals surface area contributed by atoms with Crippen molar-refractivity contribution in [3.05, 3.63) is 35.9 Å². The summed E-state index contributed by atoms with van der Waals surface area (Å²) in [5, 5.41) is 7.94. The van der Waals surface area contributed by atoms with Gasteiger partial charge in [-0.1, -0.05) is 42.1 Å². The average molecular weight is 264 g/mol. The van der Waals surface area contributed by atoms with Crippen molar-refractivity contribution >= 4 is 23.5 Å². The molecule has 2 aromatic rings. The zero-order valence-electron chi connectivity index (χ0n) is 9.41. The minimum absolute atomic E-state index is 0.00542. The van der Waals surface area contributed by atoms with Gasteiger partial charge in [0.05, 0.1) is 5.75 Å². The Morgan fingerprint density at radius 3 is 2.67 bits per heavy atom. The number of anilines is 1. The molecule has 0 fully saturated rings. The Kier molecular flexibility index (Phi) is 3.80. The van der Waals surface area contributed by atoms with E-state index in [2.05, 4.69) is 15.6 Å². The van der Waals surface area contributed by atoms with Crippen LogP contribution >= 0.6 is 11.8 Å². The highest BCUT2D eigenvalue weighted by Crippen LogP contribution is 2.17. The third-order valence-corrected chi connectivity index (χ3v) is 3.16. The Labute approximate surface area is 107 Å². The van der Waals surface area contributed by atoms with Crippen molar-refractivity contribution in [3.63, 3.8) is 0 Å². The molecule has 1 aromatic carbocycles. The van der Waals surface area contributed by atoms with E-state index in [1.807, 2.05) is 18.2 Å². The van der Waals surface area contributed by atoms with Gasteiger partial charge in [-0.3, -0.25) is 10.2 Å². The second-order valence-corrected chi connectivity index (χ2v) is 4.34. The van der Waals surface area contributed by atoms with Crippen LogP contribution in [0.2, 0.25) is 0 Å². The molecule has 0 saturated heterocycles. The summed E-state index contributed by atoms with van der Waals surface area (Å²) >= 11 is 1.21. The van der Waals surface area contributed by atoms with Crippen LogP contribution in [0, 0.1) is 0 Å². The zero-order chi connectivity index (χ0) is 13.0. The molecule has 0 saturated carbocycles. The highest BCUT2D eigenvalue weighted by Gasteiger charge is 2.12. The van der Waals surface area contributed by atoms with Crippen LogP contribution < -0.4 is 17.1 Å². The van der Waals surface area contributed by atoms with E-state index in [0.717, 1.165) is 0 Å². The Morgan fingerprint density at radius 2 is 2.06 bits per heavy atom. The van der Waals surface area contributed by atoms with E-state index < -0.39 is 0 Å². The summed E-state index contributed by atoms with van der Waals surface area (Å²) in [5.41, 5.74) is 2.96. The molecule has 0 aliphatic carbocycles. The molecular weight excluding hydrogens is 252 g/mol. The first-order valence-electron chi connectivity index (χ1n) is 5.10. The van der Waals surface area contributed by atoms with Gasteiger partial charge in [-0.25, -0.2) is 10.5 Å². The first kappa shape index (κ1) is 12.4. The van der Waals surface area contributed by atoms with Gasteiger partial charge in [0.1, 0.15) is 0 Å². The lowest BCUT2D eigenvalue weighted by Gasteiger charge is -2.02. The van der Waals surface area contributed by atoms with Gasteiger partial charge in [0.2, 0.25) is 5.16 Å². The van der Waals surface area contributed by atoms with Crippen LogP contribution in [0.15, 0.2) is 35.5 Å². The maximum atomic E-state index is 11.8. The third kappa shape index (κ3) is 2.60. The van der Waals surface area contributed by atoms with Gasteiger partial charge in [0.25, 0.3) is 5.95 Å². The maximum absolute atomic E-state index is 11.8. The summed E-state index contributed by atoms with van der Waals surface area (Å²) in [5.74, 6) is 11.3. The van der Waals surface area contributed by atoms with Crippen molar-refractivity contribution in [1.82, 2.24) is 14.9 Å². The molecule has 1 aromatic heterocycles. The average Bonchev–Trinajstić information content (AvgIpc) is 2.77. The Balaban J connectivity index is 2.00. The number of hydrogen-bond donors (Lipinski definition) is 3. The second kappa shape index (κ2) is 5.52. The van der Waals surface area contributed by atoms with Crippen molar-refractivity contribution < 1.29 is 4.79 Å². The molecule has 0 spiro atoms. The number of aromatic nitrogens is 3. The van der Waals surface area contributed by atoms with Gasteiger partial charge in [0, 0.05) is 5.56 Å². The molecule has 1 heterocycles. The summed E-state index contributed by atoms with van der Waals surface area (Å²) in [6.45, 7) is 0. The predicted molar refractivity (Wildman–Crippen MR) is 69.5 cm³/mol. The van der Waals surface area contributed by atoms with Gasteiger partial charge < -0.3 is 5.84 Å². The van der Waals surface area contributed by atoms with Crippen molar-refractivity contribution in [3.8, 4) is 0 Å². The van der Waals surface area contributed by atoms with Crippen LogP contribution in [0.5, 0.6) is 0 Å². The molecule has 8 heteroatoms. The number of hydrogen-bond acceptors (Lipinski definition) is 7. The molecule has 0 aliphatic heterocycles. The number of rotatable bonds is 5. The lowest BCUT2D eigenvalue weighted by Crippen LogP contribution is -2.19. The van der Waals surface area contributed by atoms with Crippen molar-refractivity contribution in [1.29, 1.82) is 0 Å². The van der Waals surface area contributed by atoms with E-state index in [1.54, 1.807) is 12.1 Å². The van der Waals surface area contributed by atoms with Gasteiger partial charge in [0.15, 0.2) is 5.78 Å². The number of carbonyl (C=O) groups is 1. The minimum atomic E-state index is 0.00542. The molecule has 18 heavy (non-hydrogen) atoms. The molecule has 5 N–H and O–H groups in total. The molecular formula is C10H12N6OS. The zero-order valence-corrected chi connectivity index (χ0v) is 10.2. The van der Waals surface area contributed by atoms with E-state index in [9.17, 15) is 4.79 Å². The molecule has 0 aliphatic rings. The summed E-state index contributed by atoms with van der Waals surface area (Å²) < 4.78 is 1.20. The number of nitrogen functional groups attached to an aromatic ring is 2. The number of thioether (sulfide) groups is 1. The predicted octanol–water partition coefficient (Wildman–Crippen LogP) is 0.253. The van der Waals surface area contributed by atoms with Gasteiger partial charge >= 0.3 is 0 Å². The Bertz CT molecular complexity index is 541. The van der Waals surface area contributed by atoms with Gasteiger partial charge in [-0.15, -0.1) is 10.2 Å². The summed E-state index contributed by atoms with van der Waals surface area (Å²) in [6.07, 6.45) is 0. The van der Waals surface area contributed by atoms with Crippen LogP contribution in [0.3, 0.4) is 0 Å². The monoisotopic (exact) mass is 264 g/mol. The van der Waals surface area contributed by atoms with Gasteiger partial charge in [-0.05, 0) is 0 Å². The van der Waals surface area contributed by atoms with Gasteiger partial charge in [-0.2, -0.15) is 0 Å². The van der Waals surface area contributed by atoms with Crippen molar-refractivity contribution in [2.45, 2.75) is 5.16 Å². The molecule has 2 rings (SSSR count). The Hall–Kier alpha value is -2.06. The molecule has 0 radical (unpaired) electrons. The number of nitrogens with one attached hydrogen (secondary N) is 1. The molecule has 0 atom stereocenters. The minimum Gasteiger partial charge on any atom is -0.334 e. The smallest absolute Gasteiger partial charge is 0.258 e. The fourth-order valence-corrected chi connectivity index (χ4v) is 2.06. The van der Waals surface area contributed by atoms with E-state index in [1.165, 1.54) is 16.4 Å². The van der Waals surface area contributed by atoms with Crippen molar-refractivity contribution in [2.24, 2.45) is 5.84 Å². The fraction of sp³-hybridized carbons (Fsp3) is 0.100. The SMILES string of the molecule is NNc1nnc(SCC(=O)c2ccccc2)n1N. The fourth-order valence-electron chi connectivity index (χ4n) is 1.31. The van der Waals surface area contributed by atoms with Crippen LogP contribution in [0.4, 0.5) is 5.95 Å². The van der Waals surface area contributed by atoms with E-state index >= 15 is 0 Å². The number of Topliss-reactive ketones (excluding diaryl/α,β-unsaturated/α-hetero) is 1. The largest absolute Gasteiger partial charge is 0.334 e. The van der Waals surface area contributed by atoms with Crippen molar-refractivity contribution in [2.75, 3.05) is 17.0 Å². The van der Waals surface area contributed by atoms with E-state index in [4.69, 9.17) is 11.7 Å². The number of ketones is 1. The third-order valence-electron chi connectivity index (χ3n) is 2.22. The standard InChI is InChI=1S/C10H12N6OS/c11-13-9-14-15-10(16(9)12)18-6-8(17)7-4-2-1-3-5-7/h1-5H,6,11-12H2,(H,13,14). The quantitative estimate of drug-likeness (QED) is 0.307. The van der Waals surface area contributed by atoms with Crippen LogP contribution in [0.25, 0.3) is 0 Å². The topological polar surface area (TPSA) is 112 Å². The normalized spacial score (nSPS) is 10.3. The highest BCUT2D eigenvalue weighted by atomic mass is 32.2. The first-order valence-corrected chi connectivity index (χ1v) is 6.09. The molecule has 94 valence electrons. The number of nitrogens with zero attached hydrogens (tertiary/aromatic N) is 3. The highest BCUT2D eigenvalue weighted by molar-refractivity contribution is 7.99. The lowest BCUT2D eigenvalue weighted by atomic mass is 10.2. The maximum Gasteiger partial charge on any atom is 0.258 e. The molecule has 7 nitrogen and oxygen atoms in total. The number of carbonyl (C=O) groups excluding carboxylic acids is 1. The number of nitrogens with two attached hydrogens (primary N) is 2. The van der Waals surface area contributed by atoms with E-state index in [0.29, 0.717) is 10.7 Å². The summed E-state index contributed by atoms with van der Waals surface area (Å²) in [6, 6.07) is 9.03. The number of benzene rings is 1. The van der Waals surface area contributed by atoms with Crippen LogP contribution in [0.1, 0.15) is 10.4 Å². The second-order valence-electron chi connectivity index (χ2n) is 3.40. The first-order chi connectivity index (χ1) is 8.72. The summed E-state index contributed by atoms with van der Waals surface area (Å²) in [7, 11) is 0. The number of hydrazine groups is 1. The molecule has 0 unspecified atom stereocenters. The Morgan fingerprint density at radius 1 is 1.33 bits per heavy atom.